The van der Waals surface area contributed by atoms with Crippen molar-refractivity contribution in [1.82, 2.24) is 19.8 Å². The van der Waals surface area contributed by atoms with E-state index in [1.54, 1.807) is 23.4 Å². The monoisotopic (exact) mass is 476 g/mol. The summed E-state index contributed by atoms with van der Waals surface area (Å²) in [6.07, 6.45) is 8.47. The Balaban J connectivity index is 1.61. The maximum atomic E-state index is 13.5. The molecule has 7 nitrogen and oxygen atoms in total. The van der Waals surface area contributed by atoms with E-state index < -0.39 is 0 Å². The molecule has 1 saturated carbocycles. The number of fused-ring (bicyclic) bond motifs is 1. The fraction of sp³-hybridized carbons (Fsp3) is 0.536. The largest absolute Gasteiger partial charge is 0.472 e. The number of pyridine rings is 2. The zero-order valence-electron chi connectivity index (χ0n) is 21.0. The molecule has 1 fully saturated rings. The number of aliphatic hydroxyl groups excluding tert-OH is 1. The Morgan fingerprint density at radius 2 is 2.03 bits per heavy atom. The number of ether oxygens (including phenoxy) is 1. The number of hydrogen-bond donors (Lipinski definition) is 1. The number of hydrogen-bond acceptors (Lipinski definition) is 6. The minimum absolute atomic E-state index is 0.0811. The lowest BCUT2D eigenvalue weighted by Crippen LogP contribution is -2.50. The van der Waals surface area contributed by atoms with E-state index in [4.69, 9.17) is 4.74 Å². The summed E-state index contributed by atoms with van der Waals surface area (Å²) in [5, 5.41) is 9.86. The molecular formula is C28H36N4O3. The van der Waals surface area contributed by atoms with Crippen LogP contribution in [0.1, 0.15) is 61.1 Å². The average molecular weight is 477 g/mol. The molecule has 0 spiro atoms. The van der Waals surface area contributed by atoms with Gasteiger partial charge in [0.2, 0.25) is 5.88 Å². The second-order valence-electron chi connectivity index (χ2n) is 10.0. The van der Waals surface area contributed by atoms with E-state index in [1.165, 1.54) is 25.7 Å². The zero-order valence-corrected chi connectivity index (χ0v) is 21.0. The molecule has 0 bridgehead atoms. The summed E-state index contributed by atoms with van der Waals surface area (Å²) in [6, 6.07) is 6.99. The Labute approximate surface area is 208 Å². The number of rotatable bonds is 6. The van der Waals surface area contributed by atoms with Gasteiger partial charge in [-0.2, -0.15) is 0 Å². The van der Waals surface area contributed by atoms with E-state index in [0.717, 1.165) is 19.0 Å². The molecule has 7 heteroatoms. The van der Waals surface area contributed by atoms with Crippen LogP contribution in [-0.2, 0) is 0 Å². The topological polar surface area (TPSA) is 78.8 Å². The fourth-order valence-electron chi connectivity index (χ4n) is 4.98. The van der Waals surface area contributed by atoms with Crippen LogP contribution in [0.4, 0.5) is 0 Å². The maximum absolute atomic E-state index is 13.5. The lowest BCUT2D eigenvalue weighted by Gasteiger charge is -2.38. The molecule has 2 aromatic rings. The molecule has 35 heavy (non-hydrogen) atoms. The molecule has 2 aromatic heterocycles. The van der Waals surface area contributed by atoms with E-state index in [9.17, 15) is 9.90 Å². The first-order valence-electron chi connectivity index (χ1n) is 12.6. The van der Waals surface area contributed by atoms with Gasteiger partial charge in [-0.1, -0.05) is 31.8 Å². The second kappa shape index (κ2) is 11.7. The molecule has 2 aliphatic rings. The van der Waals surface area contributed by atoms with Crippen LogP contribution in [0.5, 0.6) is 5.88 Å². The molecule has 4 rings (SSSR count). The Kier molecular flexibility index (Phi) is 8.37. The number of aromatic nitrogens is 2. The summed E-state index contributed by atoms with van der Waals surface area (Å²) in [5.74, 6) is 7.05. The minimum atomic E-state index is -0.309. The van der Waals surface area contributed by atoms with Crippen LogP contribution < -0.4 is 4.74 Å². The highest BCUT2D eigenvalue weighted by molar-refractivity contribution is 5.97. The van der Waals surface area contributed by atoms with Gasteiger partial charge in [-0.25, -0.2) is 9.97 Å². The SMILES string of the molecule is C[C@H]1CN([C@@H](C)CO)C(=O)c2cc(C#Cc3ccccn3)cnc2O[C@H]1CN(C)CC1CCCC1. The number of likely N-dealkylation sites (N-methyl/N-ethyl adjacent to an activating group) is 1. The van der Waals surface area contributed by atoms with Gasteiger partial charge in [0.15, 0.2) is 0 Å². The third-order valence-corrected chi connectivity index (χ3v) is 7.06. The van der Waals surface area contributed by atoms with Crippen molar-refractivity contribution in [3.63, 3.8) is 0 Å². The van der Waals surface area contributed by atoms with E-state index in [0.29, 0.717) is 29.2 Å². The number of nitrogens with zero attached hydrogens (tertiary/aromatic N) is 4. The quantitative estimate of drug-likeness (QED) is 0.645. The molecular weight excluding hydrogens is 440 g/mol. The highest BCUT2D eigenvalue weighted by atomic mass is 16.5. The van der Waals surface area contributed by atoms with Crippen LogP contribution in [0, 0.1) is 23.7 Å². The van der Waals surface area contributed by atoms with Crippen LogP contribution >= 0.6 is 0 Å². The predicted octanol–water partition coefficient (Wildman–Crippen LogP) is 3.22. The first-order chi connectivity index (χ1) is 16.9. The van der Waals surface area contributed by atoms with Crippen LogP contribution in [0.3, 0.4) is 0 Å². The molecule has 1 aliphatic carbocycles. The lowest BCUT2D eigenvalue weighted by atomic mass is 9.99. The third-order valence-electron chi connectivity index (χ3n) is 7.06. The third kappa shape index (κ3) is 6.39. The van der Waals surface area contributed by atoms with E-state index in [2.05, 4.69) is 40.7 Å². The van der Waals surface area contributed by atoms with Crippen molar-refractivity contribution in [2.75, 3.05) is 33.3 Å². The molecule has 3 heterocycles. The number of carbonyl (C=O) groups is 1. The first-order valence-corrected chi connectivity index (χ1v) is 12.6. The summed E-state index contributed by atoms with van der Waals surface area (Å²) in [7, 11) is 2.15. The summed E-state index contributed by atoms with van der Waals surface area (Å²) < 4.78 is 6.41. The Morgan fingerprint density at radius 3 is 2.74 bits per heavy atom. The van der Waals surface area contributed by atoms with Gasteiger partial charge < -0.3 is 19.6 Å². The summed E-state index contributed by atoms with van der Waals surface area (Å²) in [4.78, 5) is 26.4. The summed E-state index contributed by atoms with van der Waals surface area (Å²) in [6.45, 7) is 6.20. The lowest BCUT2D eigenvalue weighted by molar-refractivity contribution is 0.0320. The Morgan fingerprint density at radius 1 is 1.23 bits per heavy atom. The van der Waals surface area contributed by atoms with Gasteiger partial charge in [-0.3, -0.25) is 4.79 Å². The molecule has 1 amide bonds. The Hall–Kier alpha value is -2.95. The van der Waals surface area contributed by atoms with Crippen molar-refractivity contribution < 1.29 is 14.6 Å². The van der Waals surface area contributed by atoms with Crippen LogP contribution in [0.25, 0.3) is 0 Å². The minimum Gasteiger partial charge on any atom is -0.472 e. The Bertz CT molecular complexity index is 1060. The van der Waals surface area contributed by atoms with Crippen molar-refractivity contribution in [3.05, 3.63) is 53.5 Å². The number of amides is 1. The van der Waals surface area contributed by atoms with Crippen molar-refractivity contribution in [2.24, 2.45) is 11.8 Å². The first kappa shape index (κ1) is 25.2. The molecule has 0 unspecified atom stereocenters. The van der Waals surface area contributed by atoms with Gasteiger partial charge in [-0.15, -0.1) is 0 Å². The van der Waals surface area contributed by atoms with Crippen LogP contribution in [0.2, 0.25) is 0 Å². The van der Waals surface area contributed by atoms with Crippen molar-refractivity contribution in [1.29, 1.82) is 0 Å². The highest BCUT2D eigenvalue weighted by Gasteiger charge is 2.34. The van der Waals surface area contributed by atoms with Crippen molar-refractivity contribution in [2.45, 2.75) is 51.7 Å². The van der Waals surface area contributed by atoms with Gasteiger partial charge in [0.1, 0.15) is 17.4 Å². The highest BCUT2D eigenvalue weighted by Crippen LogP contribution is 2.29. The molecule has 3 atom stereocenters. The van der Waals surface area contributed by atoms with Gasteiger partial charge in [-0.05, 0) is 56.9 Å². The standard InChI is InChI=1S/C28H36N4O3/c1-20-16-32(21(2)19-33)28(34)25-14-23(11-12-24-10-6-7-13-29-24)15-30-27(25)35-26(20)18-31(3)17-22-8-4-5-9-22/h6-7,10,13-15,20-22,26,33H,4-5,8-9,16-19H2,1-3H3/t20-,21-,26-/m0/s1. The molecule has 186 valence electrons. The molecule has 0 aromatic carbocycles. The number of carbonyl (C=O) groups excluding carboxylic acids is 1. The van der Waals surface area contributed by atoms with Crippen LogP contribution in [0.15, 0.2) is 36.7 Å². The van der Waals surface area contributed by atoms with Gasteiger partial charge in [0, 0.05) is 43.5 Å². The zero-order chi connectivity index (χ0) is 24.8. The maximum Gasteiger partial charge on any atom is 0.259 e. The van der Waals surface area contributed by atoms with E-state index >= 15 is 0 Å². The van der Waals surface area contributed by atoms with Crippen molar-refractivity contribution >= 4 is 5.91 Å². The van der Waals surface area contributed by atoms with Crippen molar-refractivity contribution in [3.8, 4) is 17.7 Å². The van der Waals surface area contributed by atoms with Gasteiger partial charge in [0.05, 0.1) is 12.6 Å². The van der Waals surface area contributed by atoms with Gasteiger partial charge in [0.25, 0.3) is 5.91 Å². The average Bonchev–Trinajstić information content (AvgIpc) is 3.38. The predicted molar refractivity (Wildman–Crippen MR) is 135 cm³/mol. The van der Waals surface area contributed by atoms with E-state index in [-0.39, 0.29) is 30.6 Å². The molecule has 0 saturated heterocycles. The smallest absolute Gasteiger partial charge is 0.259 e. The summed E-state index contributed by atoms with van der Waals surface area (Å²) in [5.41, 5.74) is 1.65. The van der Waals surface area contributed by atoms with Crippen LogP contribution in [-0.4, -0.2) is 76.2 Å². The molecule has 1 N–H and O–H groups in total. The van der Waals surface area contributed by atoms with E-state index in [1.807, 2.05) is 25.1 Å². The normalized spacial score (nSPS) is 21.5. The molecule has 1 aliphatic heterocycles. The number of aliphatic hydroxyl groups is 1. The second-order valence-corrected chi connectivity index (χ2v) is 10.0. The van der Waals surface area contributed by atoms with Gasteiger partial charge >= 0.3 is 0 Å². The summed E-state index contributed by atoms with van der Waals surface area (Å²) >= 11 is 0. The molecule has 0 radical (unpaired) electrons. The fourth-order valence-corrected chi connectivity index (χ4v) is 4.98.